The lowest BCUT2D eigenvalue weighted by Gasteiger charge is -2.26. The summed E-state index contributed by atoms with van der Waals surface area (Å²) in [5, 5.41) is 0. The first-order valence-electron chi connectivity index (χ1n) is 14.1. The molecule has 1 aromatic heterocycles. The van der Waals surface area contributed by atoms with Crippen molar-refractivity contribution >= 4 is 51.7 Å². The second-order valence-electron chi connectivity index (χ2n) is 10.3. The lowest BCUT2D eigenvalue weighted by Crippen LogP contribution is -2.40. The van der Waals surface area contributed by atoms with Crippen molar-refractivity contribution < 1.29 is 19.0 Å². The molecule has 7 nitrogen and oxygen atoms in total. The van der Waals surface area contributed by atoms with Gasteiger partial charge in [0.15, 0.2) is 16.3 Å². The molecule has 3 aromatic carbocycles. The van der Waals surface area contributed by atoms with Crippen LogP contribution in [-0.4, -0.2) is 30.9 Å². The maximum Gasteiger partial charge on any atom is 0.338 e. The standard InChI is InChI=1S/C35H31IN2O5S/c1-6-17-43-32-26(36)18-22(19-27(32)41-5)20-28-33(39)38-31(25-15-13-23(14-16-25)21(3)4)29(34(40)42-7-2)30(37-35(38)44-28)24-11-9-8-10-12-24/h1,8-16,18-21,31H,7,17H2,2-5H3/b28-20-/t31-/m1/s1. The van der Waals surface area contributed by atoms with E-state index in [1.54, 1.807) is 30.7 Å². The second kappa shape index (κ2) is 13.7. The molecular formula is C35H31IN2O5S. The van der Waals surface area contributed by atoms with Crippen LogP contribution in [0.3, 0.4) is 0 Å². The van der Waals surface area contributed by atoms with Crippen molar-refractivity contribution in [2.45, 2.75) is 32.7 Å². The van der Waals surface area contributed by atoms with Gasteiger partial charge in [-0.15, -0.1) is 6.42 Å². The van der Waals surface area contributed by atoms with E-state index in [1.807, 2.05) is 60.7 Å². The van der Waals surface area contributed by atoms with Gasteiger partial charge in [0.2, 0.25) is 0 Å². The number of aromatic nitrogens is 1. The molecule has 1 aliphatic rings. The van der Waals surface area contributed by atoms with Crippen LogP contribution in [0, 0.1) is 15.9 Å². The van der Waals surface area contributed by atoms with Gasteiger partial charge >= 0.3 is 5.97 Å². The zero-order chi connectivity index (χ0) is 31.4. The summed E-state index contributed by atoms with van der Waals surface area (Å²) in [4.78, 5) is 33.3. The minimum atomic E-state index is -0.738. The van der Waals surface area contributed by atoms with E-state index in [0.717, 1.165) is 25.8 Å². The predicted molar refractivity (Wildman–Crippen MR) is 182 cm³/mol. The molecule has 224 valence electrons. The fourth-order valence-corrected chi connectivity index (χ4v) is 6.83. The molecule has 0 saturated carbocycles. The Hall–Kier alpha value is -4.14. The number of rotatable bonds is 9. The first-order valence-corrected chi connectivity index (χ1v) is 16.0. The number of carbonyl (C=O) groups excluding carboxylic acids is 1. The monoisotopic (exact) mass is 718 g/mol. The molecule has 1 aliphatic heterocycles. The smallest absolute Gasteiger partial charge is 0.338 e. The number of ether oxygens (including phenoxy) is 3. The van der Waals surface area contributed by atoms with Gasteiger partial charge in [0.05, 0.1) is 39.1 Å². The van der Waals surface area contributed by atoms with Crippen molar-refractivity contribution in [3.05, 3.63) is 118 Å². The van der Waals surface area contributed by atoms with Gasteiger partial charge in [-0.1, -0.05) is 85.7 Å². The molecule has 0 N–H and O–H groups in total. The highest BCUT2D eigenvalue weighted by molar-refractivity contribution is 14.1. The normalized spacial score (nSPS) is 14.6. The zero-order valence-corrected chi connectivity index (χ0v) is 27.8. The Morgan fingerprint density at radius 2 is 1.89 bits per heavy atom. The Kier molecular flexibility index (Phi) is 9.71. The van der Waals surface area contributed by atoms with Crippen molar-refractivity contribution in [3.8, 4) is 23.8 Å². The predicted octanol–water partition coefficient (Wildman–Crippen LogP) is 5.68. The van der Waals surface area contributed by atoms with Crippen molar-refractivity contribution in [2.75, 3.05) is 20.3 Å². The largest absolute Gasteiger partial charge is 0.493 e. The summed E-state index contributed by atoms with van der Waals surface area (Å²) >= 11 is 3.42. The summed E-state index contributed by atoms with van der Waals surface area (Å²) in [6.45, 7) is 6.31. The molecule has 4 aromatic rings. The van der Waals surface area contributed by atoms with E-state index in [9.17, 15) is 9.59 Å². The Labute approximate surface area is 273 Å². The van der Waals surface area contributed by atoms with Gasteiger partial charge in [0.25, 0.3) is 5.56 Å². The van der Waals surface area contributed by atoms with E-state index in [4.69, 9.17) is 25.6 Å². The van der Waals surface area contributed by atoms with Crippen molar-refractivity contribution in [1.82, 2.24) is 4.57 Å². The van der Waals surface area contributed by atoms with Crippen LogP contribution in [0.2, 0.25) is 0 Å². The molecule has 0 amide bonds. The van der Waals surface area contributed by atoms with E-state index in [-0.39, 0.29) is 18.8 Å². The minimum Gasteiger partial charge on any atom is -0.493 e. The Morgan fingerprint density at radius 3 is 2.52 bits per heavy atom. The number of fused-ring (bicyclic) bond motifs is 1. The number of halogens is 1. The molecule has 0 unspecified atom stereocenters. The number of methoxy groups -OCH3 is 1. The highest BCUT2D eigenvalue weighted by atomic mass is 127. The lowest BCUT2D eigenvalue weighted by molar-refractivity contribution is -0.138. The third-order valence-corrected chi connectivity index (χ3v) is 8.93. The van der Waals surface area contributed by atoms with Crippen LogP contribution in [0.4, 0.5) is 0 Å². The molecule has 2 heterocycles. The SMILES string of the molecule is C#CCOc1c(I)cc(/C=c2\sc3n(c2=O)[C@H](c2ccc(C(C)C)cc2)C(C(=O)OCC)=C(c2ccccc2)N=3)cc1OC. The van der Waals surface area contributed by atoms with Crippen molar-refractivity contribution in [1.29, 1.82) is 0 Å². The first-order chi connectivity index (χ1) is 21.3. The summed E-state index contributed by atoms with van der Waals surface area (Å²) in [7, 11) is 1.55. The number of carbonyl (C=O) groups is 1. The van der Waals surface area contributed by atoms with Gasteiger partial charge < -0.3 is 14.2 Å². The maximum atomic E-state index is 14.2. The van der Waals surface area contributed by atoms with E-state index >= 15 is 0 Å². The number of hydrogen-bond donors (Lipinski definition) is 0. The number of hydrogen-bond acceptors (Lipinski definition) is 7. The molecule has 0 aliphatic carbocycles. The molecule has 0 spiro atoms. The summed E-state index contributed by atoms with van der Waals surface area (Å²) < 4.78 is 19.7. The lowest BCUT2D eigenvalue weighted by atomic mass is 9.91. The van der Waals surface area contributed by atoms with Crippen molar-refractivity contribution in [3.63, 3.8) is 0 Å². The molecule has 44 heavy (non-hydrogen) atoms. The third kappa shape index (κ3) is 6.23. The molecule has 0 saturated heterocycles. The highest BCUT2D eigenvalue weighted by Crippen LogP contribution is 2.36. The first kappa shape index (κ1) is 31.3. The Bertz CT molecular complexity index is 1950. The van der Waals surface area contributed by atoms with Crippen LogP contribution < -0.4 is 24.4 Å². The second-order valence-corrected chi connectivity index (χ2v) is 12.5. The van der Waals surface area contributed by atoms with Gasteiger partial charge in [0.1, 0.15) is 6.61 Å². The maximum absolute atomic E-state index is 14.2. The van der Waals surface area contributed by atoms with Crippen LogP contribution in [0.1, 0.15) is 55.0 Å². The summed E-state index contributed by atoms with van der Waals surface area (Å²) in [6.07, 6.45) is 7.18. The van der Waals surface area contributed by atoms with Gasteiger partial charge in [-0.05, 0) is 70.3 Å². The minimum absolute atomic E-state index is 0.106. The van der Waals surface area contributed by atoms with Crippen LogP contribution in [0.25, 0.3) is 11.8 Å². The van der Waals surface area contributed by atoms with Crippen molar-refractivity contribution in [2.24, 2.45) is 4.99 Å². The van der Waals surface area contributed by atoms with Crippen LogP contribution in [-0.2, 0) is 9.53 Å². The molecule has 1 atom stereocenters. The number of benzene rings is 3. The van der Waals surface area contributed by atoms with Crippen LogP contribution >= 0.6 is 33.9 Å². The zero-order valence-electron chi connectivity index (χ0n) is 24.8. The third-order valence-electron chi connectivity index (χ3n) is 7.14. The van der Waals surface area contributed by atoms with E-state index in [0.29, 0.717) is 38.0 Å². The van der Waals surface area contributed by atoms with Gasteiger partial charge in [0, 0.05) is 5.56 Å². The van der Waals surface area contributed by atoms with E-state index in [2.05, 4.69) is 42.4 Å². The number of esters is 1. The average molecular weight is 719 g/mol. The van der Waals surface area contributed by atoms with E-state index < -0.39 is 12.0 Å². The Morgan fingerprint density at radius 1 is 1.16 bits per heavy atom. The summed E-state index contributed by atoms with van der Waals surface area (Å²) in [5.74, 6) is 3.33. The summed E-state index contributed by atoms with van der Waals surface area (Å²) in [5.41, 5.74) is 4.00. The van der Waals surface area contributed by atoms with Gasteiger partial charge in [-0.3, -0.25) is 9.36 Å². The van der Waals surface area contributed by atoms with Gasteiger partial charge in [-0.25, -0.2) is 9.79 Å². The quantitative estimate of drug-likeness (QED) is 0.127. The van der Waals surface area contributed by atoms with Crippen LogP contribution in [0.15, 0.2) is 82.1 Å². The fourth-order valence-electron chi connectivity index (χ4n) is 5.05. The molecule has 9 heteroatoms. The molecule has 0 fully saturated rings. The van der Waals surface area contributed by atoms with Crippen LogP contribution in [0.5, 0.6) is 11.5 Å². The van der Waals surface area contributed by atoms with E-state index in [1.165, 1.54) is 11.3 Å². The molecule has 0 radical (unpaired) electrons. The Balaban J connectivity index is 1.77. The molecule has 5 rings (SSSR count). The molecule has 0 bridgehead atoms. The topological polar surface area (TPSA) is 79.1 Å². The van der Waals surface area contributed by atoms with Gasteiger partial charge in [-0.2, -0.15) is 0 Å². The number of nitrogens with zero attached hydrogens (tertiary/aromatic N) is 2. The molecular weight excluding hydrogens is 687 g/mol. The number of thiazole rings is 1. The fraction of sp³-hybridized carbons (Fsp3) is 0.229. The number of terminal acetylenes is 1. The summed E-state index contributed by atoms with van der Waals surface area (Å²) in [6, 6.07) is 20.5. The highest BCUT2D eigenvalue weighted by Gasteiger charge is 2.35. The average Bonchev–Trinajstić information content (AvgIpc) is 3.34.